The number of halogens is 1. The van der Waals surface area contributed by atoms with Crippen LogP contribution in [0.15, 0.2) is 24.3 Å². The summed E-state index contributed by atoms with van der Waals surface area (Å²) < 4.78 is 13.5. The Morgan fingerprint density at radius 1 is 1.16 bits per heavy atom. The minimum absolute atomic E-state index is 0.105. The Hall–Kier alpha value is -3.33. The molecule has 2 amide bonds. The van der Waals surface area contributed by atoms with Gasteiger partial charge >= 0.3 is 6.09 Å². The molecule has 1 fully saturated rings. The molecule has 2 aliphatic rings. The van der Waals surface area contributed by atoms with Gasteiger partial charge in [0, 0.05) is 12.1 Å². The minimum Gasteiger partial charge on any atom is -0.491 e. The number of rotatable bonds is 4. The van der Waals surface area contributed by atoms with Crippen molar-refractivity contribution in [2.45, 2.75) is 72.2 Å². The van der Waals surface area contributed by atoms with Gasteiger partial charge in [0.15, 0.2) is 5.65 Å². The summed E-state index contributed by atoms with van der Waals surface area (Å²) in [7, 11) is 0. The van der Waals surface area contributed by atoms with Crippen molar-refractivity contribution in [3.05, 3.63) is 57.5 Å². The average Bonchev–Trinajstić information content (AvgIpc) is 3.55. The Kier molecular flexibility index (Phi) is 6.52. The number of fused-ring (bicyclic) bond motifs is 3. The molecule has 0 saturated carbocycles. The molecule has 10 heteroatoms. The van der Waals surface area contributed by atoms with E-state index in [9.17, 15) is 9.59 Å². The maximum atomic E-state index is 13.6. The lowest BCUT2D eigenvalue weighted by Gasteiger charge is -2.28. The number of carbonyl (C=O) groups is 2. The van der Waals surface area contributed by atoms with Crippen molar-refractivity contribution < 1.29 is 19.1 Å². The second kappa shape index (κ2) is 9.52. The third-order valence-electron chi connectivity index (χ3n) is 6.80. The molecule has 1 atom stereocenters. The number of carbonyl (C=O) groups excluding carboxylic acids is 2. The summed E-state index contributed by atoms with van der Waals surface area (Å²) in [6, 6.07) is 7.13. The molecule has 0 spiro atoms. The van der Waals surface area contributed by atoms with Crippen LogP contribution in [0.4, 0.5) is 4.79 Å². The normalized spacial score (nSPS) is 17.4. The summed E-state index contributed by atoms with van der Waals surface area (Å²) >= 11 is 6.36. The highest BCUT2D eigenvalue weighted by Crippen LogP contribution is 2.31. The van der Waals surface area contributed by atoms with Crippen LogP contribution in [0.3, 0.4) is 0 Å². The topological polar surface area (TPSA) is 89.3 Å². The number of para-hydroxylation sites is 1. The van der Waals surface area contributed by atoms with Gasteiger partial charge in [-0.2, -0.15) is 5.10 Å². The van der Waals surface area contributed by atoms with Crippen LogP contribution in [0.1, 0.15) is 66.6 Å². The van der Waals surface area contributed by atoms with E-state index in [1.165, 1.54) is 0 Å². The van der Waals surface area contributed by atoms with Crippen molar-refractivity contribution in [2.24, 2.45) is 0 Å². The number of nitrogens with zero attached hydrogens (tertiary/aromatic N) is 5. The van der Waals surface area contributed by atoms with Crippen LogP contribution < -0.4 is 4.74 Å². The largest absolute Gasteiger partial charge is 0.491 e. The van der Waals surface area contributed by atoms with Crippen molar-refractivity contribution >= 4 is 29.2 Å². The molecule has 4 heterocycles. The predicted octanol–water partition coefficient (Wildman–Crippen LogP) is 4.93. The van der Waals surface area contributed by atoms with E-state index in [1.807, 2.05) is 46.8 Å². The Morgan fingerprint density at radius 2 is 1.92 bits per heavy atom. The maximum absolute atomic E-state index is 13.6. The van der Waals surface area contributed by atoms with Gasteiger partial charge in [0.1, 0.15) is 18.0 Å². The fourth-order valence-electron chi connectivity index (χ4n) is 4.95. The molecule has 1 aromatic carbocycles. The van der Waals surface area contributed by atoms with E-state index in [0.717, 1.165) is 41.1 Å². The molecular weight excluding hydrogens is 494 g/mol. The molecule has 0 N–H and O–H groups in total. The third kappa shape index (κ3) is 4.84. The minimum atomic E-state index is -0.557. The number of likely N-dealkylation sites (tertiary alicyclic amines) is 1. The van der Waals surface area contributed by atoms with E-state index >= 15 is 0 Å². The number of hydrogen-bond acceptors (Lipinski definition) is 6. The summed E-state index contributed by atoms with van der Waals surface area (Å²) in [6.07, 6.45) is 1.38. The van der Waals surface area contributed by atoms with E-state index in [2.05, 4.69) is 10.1 Å². The number of benzene rings is 1. The van der Waals surface area contributed by atoms with Crippen LogP contribution in [-0.4, -0.2) is 61.2 Å². The molecule has 0 aliphatic carbocycles. The first-order valence-corrected chi connectivity index (χ1v) is 12.9. The molecule has 9 nitrogen and oxygen atoms in total. The second-order valence-electron chi connectivity index (χ2n) is 10.7. The van der Waals surface area contributed by atoms with E-state index in [1.54, 1.807) is 26.4 Å². The van der Waals surface area contributed by atoms with Crippen molar-refractivity contribution in [1.82, 2.24) is 24.4 Å². The Labute approximate surface area is 221 Å². The SMILES string of the molecule is Cc1nc2c3c(nn2c(C)c1Cl)CN(C(=O)c1ccccc1OC[C@H]1CCCN1C(=O)OC(C)(C)C)C3. The predicted molar refractivity (Wildman–Crippen MR) is 139 cm³/mol. The highest BCUT2D eigenvalue weighted by Gasteiger charge is 2.34. The Bertz CT molecular complexity index is 1380. The summed E-state index contributed by atoms with van der Waals surface area (Å²) in [4.78, 5) is 34.3. The van der Waals surface area contributed by atoms with Crippen molar-refractivity contribution in [3.63, 3.8) is 0 Å². The van der Waals surface area contributed by atoms with Gasteiger partial charge < -0.3 is 19.3 Å². The molecule has 3 aromatic rings. The van der Waals surface area contributed by atoms with Gasteiger partial charge in [0.25, 0.3) is 5.91 Å². The standard InChI is InChI=1S/C27H32ClN5O4/c1-16-23(28)17(2)33-24(29-16)20-13-31(14-21(20)30-33)25(34)19-10-6-7-11-22(19)36-15-18-9-8-12-32(18)26(35)37-27(3,4)5/h6-7,10-11,18H,8-9,12-15H2,1-5H3/t18-/m1/s1. The number of hydrogen-bond donors (Lipinski definition) is 0. The molecular formula is C27H32ClN5O4. The molecule has 1 saturated heterocycles. The molecule has 0 unspecified atom stereocenters. The van der Waals surface area contributed by atoms with Crippen molar-refractivity contribution in [3.8, 4) is 5.75 Å². The molecule has 0 bridgehead atoms. The zero-order chi connectivity index (χ0) is 26.5. The fourth-order valence-corrected chi connectivity index (χ4v) is 5.07. The van der Waals surface area contributed by atoms with Crippen LogP contribution in [0.5, 0.6) is 5.75 Å². The highest BCUT2D eigenvalue weighted by atomic mass is 35.5. The van der Waals surface area contributed by atoms with Gasteiger partial charge in [0.2, 0.25) is 0 Å². The molecule has 0 radical (unpaired) electrons. The second-order valence-corrected chi connectivity index (χ2v) is 11.1. The van der Waals surface area contributed by atoms with Crippen molar-refractivity contribution in [2.75, 3.05) is 13.2 Å². The lowest BCUT2D eigenvalue weighted by atomic mass is 10.1. The molecule has 37 heavy (non-hydrogen) atoms. The Balaban J connectivity index is 1.30. The number of aromatic nitrogens is 3. The first-order chi connectivity index (χ1) is 17.5. The quantitative estimate of drug-likeness (QED) is 0.479. The zero-order valence-corrected chi connectivity index (χ0v) is 22.6. The number of aryl methyl sites for hydroxylation is 2. The lowest BCUT2D eigenvalue weighted by Crippen LogP contribution is -2.42. The highest BCUT2D eigenvalue weighted by molar-refractivity contribution is 6.31. The first-order valence-electron chi connectivity index (χ1n) is 12.6. The summed E-state index contributed by atoms with van der Waals surface area (Å²) in [5.74, 6) is 0.364. The number of ether oxygens (including phenoxy) is 2. The molecule has 196 valence electrons. The first kappa shape index (κ1) is 25.3. The van der Waals surface area contributed by atoms with E-state index < -0.39 is 5.60 Å². The van der Waals surface area contributed by atoms with E-state index in [4.69, 9.17) is 21.1 Å². The van der Waals surface area contributed by atoms with Gasteiger partial charge in [-0.05, 0) is 59.6 Å². The molecule has 2 aromatic heterocycles. The van der Waals surface area contributed by atoms with E-state index in [0.29, 0.717) is 42.6 Å². The van der Waals surface area contributed by atoms with Crippen LogP contribution in [-0.2, 0) is 17.8 Å². The monoisotopic (exact) mass is 525 g/mol. The van der Waals surface area contributed by atoms with Gasteiger partial charge in [-0.3, -0.25) is 4.79 Å². The average molecular weight is 526 g/mol. The van der Waals surface area contributed by atoms with Crippen LogP contribution in [0.2, 0.25) is 5.02 Å². The third-order valence-corrected chi connectivity index (χ3v) is 7.34. The lowest BCUT2D eigenvalue weighted by molar-refractivity contribution is 0.0186. The smallest absolute Gasteiger partial charge is 0.410 e. The van der Waals surface area contributed by atoms with Crippen LogP contribution in [0, 0.1) is 13.8 Å². The summed E-state index contributed by atoms with van der Waals surface area (Å²) in [6.45, 7) is 11.1. The fraction of sp³-hybridized carbons (Fsp3) is 0.481. The van der Waals surface area contributed by atoms with Crippen molar-refractivity contribution in [1.29, 1.82) is 0 Å². The van der Waals surface area contributed by atoms with Gasteiger partial charge in [-0.25, -0.2) is 14.3 Å². The van der Waals surface area contributed by atoms with Crippen LogP contribution >= 0.6 is 11.6 Å². The number of amides is 2. The van der Waals surface area contributed by atoms with Gasteiger partial charge in [-0.1, -0.05) is 23.7 Å². The van der Waals surface area contributed by atoms with Gasteiger partial charge in [0.05, 0.1) is 46.8 Å². The summed E-state index contributed by atoms with van der Waals surface area (Å²) in [5.41, 5.74) is 4.00. The van der Waals surface area contributed by atoms with E-state index in [-0.39, 0.29) is 18.0 Å². The zero-order valence-electron chi connectivity index (χ0n) is 21.9. The van der Waals surface area contributed by atoms with Gasteiger partial charge in [-0.15, -0.1) is 0 Å². The van der Waals surface area contributed by atoms with Crippen LogP contribution in [0.25, 0.3) is 5.65 Å². The summed E-state index contributed by atoms with van der Waals surface area (Å²) in [5, 5.41) is 5.27. The molecule has 2 aliphatic heterocycles. The Morgan fingerprint density at radius 3 is 2.68 bits per heavy atom. The molecule has 5 rings (SSSR count). The maximum Gasteiger partial charge on any atom is 0.410 e.